The largest absolute Gasteiger partial charge is 0.465 e. The summed E-state index contributed by atoms with van der Waals surface area (Å²) >= 11 is 2.99. The molecule has 3 rings (SSSR count). The summed E-state index contributed by atoms with van der Waals surface area (Å²) in [5, 5.41) is 10.0. The van der Waals surface area contributed by atoms with Crippen molar-refractivity contribution in [3.8, 4) is 5.82 Å². The number of benzene rings is 1. The van der Waals surface area contributed by atoms with Crippen LogP contribution in [0.15, 0.2) is 41.3 Å². The van der Waals surface area contributed by atoms with Gasteiger partial charge in [0.1, 0.15) is 12.1 Å². The van der Waals surface area contributed by atoms with Gasteiger partial charge in [-0.15, -0.1) is 10.2 Å². The van der Waals surface area contributed by atoms with Crippen LogP contribution in [0.4, 0.5) is 14.5 Å². The van der Waals surface area contributed by atoms with Crippen LogP contribution in [0.5, 0.6) is 0 Å². The number of rotatable bonds is 4. The van der Waals surface area contributed by atoms with Gasteiger partial charge >= 0.3 is 5.97 Å². The van der Waals surface area contributed by atoms with E-state index in [0.717, 1.165) is 19.4 Å². The highest BCUT2D eigenvalue weighted by Gasteiger charge is 2.19. The second-order valence-electron chi connectivity index (χ2n) is 5.14. The van der Waals surface area contributed by atoms with E-state index in [0.29, 0.717) is 0 Å². The first-order valence-corrected chi connectivity index (χ1v) is 8.10. The molecule has 0 fully saturated rings. The zero-order chi connectivity index (χ0) is 19.6. The smallest absolute Gasteiger partial charge is 0.340 e. The molecule has 1 N–H and O–H groups in total. The number of hydrogen-bond donors (Lipinski definition) is 1. The molecule has 0 aliphatic carbocycles. The van der Waals surface area contributed by atoms with Crippen molar-refractivity contribution in [2.75, 3.05) is 12.4 Å². The lowest BCUT2D eigenvalue weighted by Crippen LogP contribution is -2.18. The topological polar surface area (TPSA) is 99.0 Å². The Hall–Kier alpha value is -3.21. The van der Waals surface area contributed by atoms with Crippen molar-refractivity contribution in [1.29, 1.82) is 0 Å². The maximum absolute atomic E-state index is 13.7. The number of halogens is 3. The van der Waals surface area contributed by atoms with Crippen molar-refractivity contribution in [2.45, 2.75) is 0 Å². The molecule has 0 saturated heterocycles. The molecule has 0 bridgehead atoms. The van der Waals surface area contributed by atoms with Gasteiger partial charge in [0, 0.05) is 0 Å². The Labute approximate surface area is 159 Å². The quantitative estimate of drug-likeness (QED) is 0.630. The number of esters is 1. The van der Waals surface area contributed by atoms with Crippen LogP contribution >= 0.6 is 15.9 Å². The number of imidazole rings is 1. The summed E-state index contributed by atoms with van der Waals surface area (Å²) in [7, 11) is 1.14. The third kappa shape index (κ3) is 3.97. The van der Waals surface area contributed by atoms with Crippen molar-refractivity contribution in [2.24, 2.45) is 0 Å². The summed E-state index contributed by atoms with van der Waals surface area (Å²) in [6, 6.07) is 4.96. The van der Waals surface area contributed by atoms with Gasteiger partial charge in [0.05, 0.1) is 29.0 Å². The third-order valence-corrected chi connectivity index (χ3v) is 4.02. The number of anilines is 1. The van der Waals surface area contributed by atoms with Crippen molar-refractivity contribution < 1.29 is 23.1 Å². The molecule has 0 aliphatic rings. The number of methoxy groups -OCH3 is 1. The maximum Gasteiger partial charge on any atom is 0.340 e. The van der Waals surface area contributed by atoms with Gasteiger partial charge in [-0.25, -0.2) is 14.2 Å². The average molecular weight is 438 g/mol. The van der Waals surface area contributed by atoms with E-state index in [4.69, 9.17) is 0 Å². The molecule has 0 aliphatic heterocycles. The Balaban J connectivity index is 1.85. The molecule has 0 radical (unpaired) electrons. The molecule has 0 spiro atoms. The Bertz CT molecular complexity index is 1020. The summed E-state index contributed by atoms with van der Waals surface area (Å²) in [6.07, 6.45) is 2.31. The molecule has 2 aromatic heterocycles. The van der Waals surface area contributed by atoms with E-state index in [-0.39, 0.29) is 27.2 Å². The fourth-order valence-electron chi connectivity index (χ4n) is 2.12. The Morgan fingerprint density at radius 1 is 1.22 bits per heavy atom. The molecular weight excluding hydrogens is 428 g/mol. The zero-order valence-corrected chi connectivity index (χ0v) is 15.2. The lowest BCUT2D eigenvalue weighted by molar-refractivity contribution is 0.0601. The number of amides is 1. The van der Waals surface area contributed by atoms with E-state index in [9.17, 15) is 18.4 Å². The van der Waals surface area contributed by atoms with Gasteiger partial charge in [0.25, 0.3) is 5.91 Å². The van der Waals surface area contributed by atoms with Crippen LogP contribution in [-0.2, 0) is 4.74 Å². The van der Waals surface area contributed by atoms with Crippen molar-refractivity contribution in [3.05, 3.63) is 64.3 Å². The molecule has 2 heterocycles. The zero-order valence-electron chi connectivity index (χ0n) is 13.6. The fourth-order valence-corrected chi connectivity index (χ4v) is 2.47. The van der Waals surface area contributed by atoms with Gasteiger partial charge in [-0.1, -0.05) is 0 Å². The predicted molar refractivity (Wildman–Crippen MR) is 92.5 cm³/mol. The summed E-state index contributed by atoms with van der Waals surface area (Å²) in [5.74, 6) is -2.63. The molecule has 1 aromatic carbocycles. The Morgan fingerprint density at radius 2 is 2.00 bits per heavy atom. The van der Waals surface area contributed by atoms with E-state index >= 15 is 0 Å². The van der Waals surface area contributed by atoms with Gasteiger partial charge < -0.3 is 10.1 Å². The van der Waals surface area contributed by atoms with Crippen LogP contribution in [0, 0.1) is 11.8 Å². The minimum atomic E-state index is -0.819. The average Bonchev–Trinajstić information content (AvgIpc) is 3.10. The molecule has 0 saturated carbocycles. The second kappa shape index (κ2) is 7.58. The second-order valence-corrected chi connectivity index (χ2v) is 5.99. The SMILES string of the molecule is COC(=O)c1cc(F)c(Br)cc1NC(=O)c1ccc(-n2cnc(F)c2)nn1. The van der Waals surface area contributed by atoms with Gasteiger partial charge in [-0.3, -0.25) is 9.36 Å². The van der Waals surface area contributed by atoms with Crippen LogP contribution in [0.25, 0.3) is 5.82 Å². The lowest BCUT2D eigenvalue weighted by Gasteiger charge is -2.11. The van der Waals surface area contributed by atoms with Crippen LogP contribution < -0.4 is 5.32 Å². The molecular formula is C16H10BrF2N5O3. The normalized spacial score (nSPS) is 10.5. The van der Waals surface area contributed by atoms with E-state index in [1.807, 2.05) is 0 Å². The molecule has 3 aromatic rings. The third-order valence-electron chi connectivity index (χ3n) is 3.41. The number of nitrogens with one attached hydrogen (secondary N) is 1. The number of carbonyl (C=O) groups excluding carboxylic acids is 2. The predicted octanol–water partition coefficient (Wildman–Crippen LogP) is 2.74. The molecule has 138 valence electrons. The van der Waals surface area contributed by atoms with Gasteiger partial charge in [0.2, 0.25) is 5.95 Å². The molecule has 0 atom stereocenters. The van der Waals surface area contributed by atoms with E-state index in [1.165, 1.54) is 29.1 Å². The van der Waals surface area contributed by atoms with E-state index in [2.05, 4.69) is 41.2 Å². The summed E-state index contributed by atoms with van der Waals surface area (Å²) < 4.78 is 32.6. The Kier molecular flexibility index (Phi) is 5.21. The first-order valence-electron chi connectivity index (χ1n) is 7.31. The molecule has 1 amide bonds. The first-order chi connectivity index (χ1) is 12.9. The van der Waals surface area contributed by atoms with Crippen molar-refractivity contribution in [3.63, 3.8) is 0 Å². The number of hydrogen-bond acceptors (Lipinski definition) is 6. The van der Waals surface area contributed by atoms with Crippen LogP contribution in [0.1, 0.15) is 20.8 Å². The highest BCUT2D eigenvalue weighted by molar-refractivity contribution is 9.10. The van der Waals surface area contributed by atoms with Crippen molar-refractivity contribution in [1.82, 2.24) is 19.7 Å². The van der Waals surface area contributed by atoms with E-state index in [1.54, 1.807) is 0 Å². The number of nitrogens with zero attached hydrogens (tertiary/aromatic N) is 4. The summed E-state index contributed by atoms with van der Waals surface area (Å²) in [5.41, 5.74) is -0.205. The summed E-state index contributed by atoms with van der Waals surface area (Å²) in [6.45, 7) is 0. The minimum Gasteiger partial charge on any atom is -0.465 e. The molecule has 27 heavy (non-hydrogen) atoms. The number of aromatic nitrogens is 4. The standard InChI is InChI=1S/C16H10BrF2N5O3/c1-27-16(26)8-4-10(18)9(17)5-12(8)21-15(25)11-2-3-14(23-22-11)24-6-13(19)20-7-24/h2-7H,1H3,(H,21,25). The molecule has 0 unspecified atom stereocenters. The minimum absolute atomic E-state index is 0.0303. The summed E-state index contributed by atoms with van der Waals surface area (Å²) in [4.78, 5) is 27.6. The Morgan fingerprint density at radius 3 is 2.59 bits per heavy atom. The van der Waals surface area contributed by atoms with Gasteiger partial charge in [0.15, 0.2) is 11.5 Å². The van der Waals surface area contributed by atoms with Gasteiger partial charge in [-0.05, 0) is 40.2 Å². The van der Waals surface area contributed by atoms with Gasteiger partial charge in [-0.2, -0.15) is 4.39 Å². The van der Waals surface area contributed by atoms with Crippen LogP contribution in [0.2, 0.25) is 0 Å². The highest BCUT2D eigenvalue weighted by atomic mass is 79.9. The maximum atomic E-state index is 13.7. The first kappa shape index (κ1) is 18.6. The number of ether oxygens (including phenoxy) is 1. The van der Waals surface area contributed by atoms with E-state index < -0.39 is 23.6 Å². The number of carbonyl (C=O) groups is 2. The molecule has 8 nitrogen and oxygen atoms in total. The van der Waals surface area contributed by atoms with Crippen LogP contribution in [-0.4, -0.2) is 38.7 Å². The van der Waals surface area contributed by atoms with Crippen LogP contribution in [0.3, 0.4) is 0 Å². The molecule has 11 heteroatoms. The highest BCUT2D eigenvalue weighted by Crippen LogP contribution is 2.26. The lowest BCUT2D eigenvalue weighted by atomic mass is 10.1. The monoisotopic (exact) mass is 437 g/mol. The van der Waals surface area contributed by atoms with Crippen molar-refractivity contribution >= 4 is 33.5 Å². The fraction of sp³-hybridized carbons (Fsp3) is 0.0625.